The summed E-state index contributed by atoms with van der Waals surface area (Å²) in [6.07, 6.45) is 3.56. The van der Waals surface area contributed by atoms with E-state index >= 15 is 0 Å². The molecule has 0 amide bonds. The number of aliphatic hydroxyl groups is 1. The van der Waals surface area contributed by atoms with Crippen LogP contribution in [0.15, 0.2) is 22.7 Å². The Labute approximate surface area is 133 Å². The first-order valence-corrected chi connectivity index (χ1v) is 7.90. The Balaban J connectivity index is 1.98. The molecule has 21 heavy (non-hydrogen) atoms. The minimum atomic E-state index is -0.698. The standard InChI is InChI=1S/C15H21BrN2O3/c1-14(2)5-7-15(19,8-6-14)10-17-13-4-3-11(18(20)21)9-12(13)16/h3-4,9,17,19H,5-8,10H2,1-2H3. The Hall–Kier alpha value is -1.14. The molecular weight excluding hydrogens is 336 g/mol. The Morgan fingerprint density at radius 1 is 1.33 bits per heavy atom. The van der Waals surface area contributed by atoms with Gasteiger partial charge >= 0.3 is 0 Å². The van der Waals surface area contributed by atoms with Crippen molar-refractivity contribution in [2.45, 2.75) is 45.1 Å². The van der Waals surface area contributed by atoms with E-state index in [1.807, 2.05) is 0 Å². The van der Waals surface area contributed by atoms with Crippen LogP contribution >= 0.6 is 15.9 Å². The second-order valence-corrected chi connectivity index (χ2v) is 7.52. The summed E-state index contributed by atoms with van der Waals surface area (Å²) >= 11 is 3.33. The molecule has 1 aliphatic carbocycles. The zero-order valence-corrected chi connectivity index (χ0v) is 13.9. The number of anilines is 1. The lowest BCUT2D eigenvalue weighted by Crippen LogP contribution is -2.42. The van der Waals surface area contributed by atoms with Crippen molar-refractivity contribution in [3.63, 3.8) is 0 Å². The number of nitro groups is 1. The van der Waals surface area contributed by atoms with Gasteiger partial charge in [0.1, 0.15) is 0 Å². The molecule has 1 aliphatic rings. The molecular formula is C15H21BrN2O3. The number of hydrogen-bond donors (Lipinski definition) is 2. The summed E-state index contributed by atoms with van der Waals surface area (Å²) in [4.78, 5) is 10.3. The van der Waals surface area contributed by atoms with E-state index in [1.54, 1.807) is 6.07 Å². The van der Waals surface area contributed by atoms with Gasteiger partial charge in [-0.25, -0.2) is 0 Å². The molecule has 0 heterocycles. The molecule has 2 rings (SSSR count). The summed E-state index contributed by atoms with van der Waals surface area (Å²) in [6, 6.07) is 4.59. The average Bonchev–Trinajstić information content (AvgIpc) is 2.41. The van der Waals surface area contributed by atoms with Gasteiger partial charge in [0, 0.05) is 28.8 Å². The highest BCUT2D eigenvalue weighted by Crippen LogP contribution is 2.40. The molecule has 0 atom stereocenters. The topological polar surface area (TPSA) is 75.4 Å². The van der Waals surface area contributed by atoms with E-state index < -0.39 is 10.5 Å². The number of nitrogens with one attached hydrogen (secondary N) is 1. The molecule has 0 aromatic heterocycles. The van der Waals surface area contributed by atoms with Crippen LogP contribution in [0.25, 0.3) is 0 Å². The van der Waals surface area contributed by atoms with Gasteiger partial charge < -0.3 is 10.4 Å². The fraction of sp³-hybridized carbons (Fsp3) is 0.600. The predicted molar refractivity (Wildman–Crippen MR) is 86.5 cm³/mol. The maximum Gasteiger partial charge on any atom is 0.270 e. The van der Waals surface area contributed by atoms with Crippen LogP contribution in [0.3, 0.4) is 0 Å². The highest BCUT2D eigenvalue weighted by molar-refractivity contribution is 9.10. The van der Waals surface area contributed by atoms with E-state index in [-0.39, 0.29) is 5.69 Å². The summed E-state index contributed by atoms with van der Waals surface area (Å²) in [6.45, 7) is 4.92. The van der Waals surface area contributed by atoms with Crippen molar-refractivity contribution in [1.82, 2.24) is 0 Å². The van der Waals surface area contributed by atoms with E-state index in [1.165, 1.54) is 12.1 Å². The van der Waals surface area contributed by atoms with Gasteiger partial charge in [0.15, 0.2) is 0 Å². The van der Waals surface area contributed by atoms with Crippen LogP contribution in [0.5, 0.6) is 0 Å². The highest BCUT2D eigenvalue weighted by atomic mass is 79.9. The fourth-order valence-corrected chi connectivity index (χ4v) is 3.10. The van der Waals surface area contributed by atoms with Crippen molar-refractivity contribution in [3.05, 3.63) is 32.8 Å². The van der Waals surface area contributed by atoms with E-state index in [0.717, 1.165) is 31.4 Å². The summed E-state index contributed by atoms with van der Waals surface area (Å²) in [5, 5.41) is 24.5. The molecule has 1 aromatic rings. The number of benzene rings is 1. The third-order valence-corrected chi connectivity index (χ3v) is 4.96. The molecule has 1 saturated carbocycles. The van der Waals surface area contributed by atoms with E-state index in [4.69, 9.17) is 0 Å². The van der Waals surface area contributed by atoms with E-state index in [9.17, 15) is 15.2 Å². The first-order valence-electron chi connectivity index (χ1n) is 7.11. The number of nitrogens with zero attached hydrogens (tertiary/aromatic N) is 1. The molecule has 2 N–H and O–H groups in total. The molecule has 0 bridgehead atoms. The average molecular weight is 357 g/mol. The van der Waals surface area contributed by atoms with Crippen LogP contribution in [0.1, 0.15) is 39.5 Å². The van der Waals surface area contributed by atoms with Crippen molar-refractivity contribution in [3.8, 4) is 0 Å². The number of nitro benzene ring substituents is 1. The van der Waals surface area contributed by atoms with Crippen LogP contribution in [0.2, 0.25) is 0 Å². The molecule has 0 aliphatic heterocycles. The minimum Gasteiger partial charge on any atom is -0.388 e. The lowest BCUT2D eigenvalue weighted by atomic mass is 9.71. The molecule has 0 unspecified atom stereocenters. The third-order valence-electron chi connectivity index (χ3n) is 4.31. The lowest BCUT2D eigenvalue weighted by molar-refractivity contribution is -0.384. The quantitative estimate of drug-likeness (QED) is 0.628. The predicted octanol–water partition coefficient (Wildman–Crippen LogP) is 4.10. The van der Waals surface area contributed by atoms with Gasteiger partial charge in [0.25, 0.3) is 5.69 Å². The maximum atomic E-state index is 10.7. The molecule has 1 aromatic carbocycles. The summed E-state index contributed by atoms with van der Waals surface area (Å²) in [7, 11) is 0. The van der Waals surface area contributed by atoms with E-state index in [2.05, 4.69) is 35.1 Å². The normalized spacial score (nSPS) is 20.0. The summed E-state index contributed by atoms with van der Waals surface area (Å²) in [5.41, 5.74) is 0.418. The van der Waals surface area contributed by atoms with Crippen molar-refractivity contribution in [2.24, 2.45) is 5.41 Å². The Bertz CT molecular complexity index is 536. The Morgan fingerprint density at radius 3 is 2.48 bits per heavy atom. The molecule has 116 valence electrons. The number of hydrogen-bond acceptors (Lipinski definition) is 4. The van der Waals surface area contributed by atoms with Crippen LogP contribution in [-0.2, 0) is 0 Å². The molecule has 0 spiro atoms. The Kier molecular flexibility index (Phi) is 4.58. The van der Waals surface area contributed by atoms with Crippen molar-refractivity contribution in [2.75, 3.05) is 11.9 Å². The van der Waals surface area contributed by atoms with Gasteiger partial charge in [-0.1, -0.05) is 13.8 Å². The second-order valence-electron chi connectivity index (χ2n) is 6.66. The highest BCUT2D eigenvalue weighted by Gasteiger charge is 2.36. The van der Waals surface area contributed by atoms with Gasteiger partial charge in [-0.05, 0) is 53.1 Å². The first kappa shape index (κ1) is 16.2. The zero-order valence-electron chi connectivity index (χ0n) is 12.4. The summed E-state index contributed by atoms with van der Waals surface area (Å²) < 4.78 is 0.636. The number of non-ortho nitro benzene ring substituents is 1. The second kappa shape index (κ2) is 5.93. The molecule has 6 heteroatoms. The van der Waals surface area contributed by atoms with Gasteiger partial charge in [0.05, 0.1) is 10.5 Å². The zero-order chi connectivity index (χ0) is 15.7. The van der Waals surface area contributed by atoms with Gasteiger partial charge in [-0.2, -0.15) is 0 Å². The van der Waals surface area contributed by atoms with Crippen LogP contribution in [-0.4, -0.2) is 22.2 Å². The monoisotopic (exact) mass is 356 g/mol. The maximum absolute atomic E-state index is 10.7. The molecule has 0 radical (unpaired) electrons. The minimum absolute atomic E-state index is 0.0468. The van der Waals surface area contributed by atoms with Crippen molar-refractivity contribution < 1.29 is 10.0 Å². The number of halogens is 1. The van der Waals surface area contributed by atoms with Crippen molar-refractivity contribution >= 4 is 27.3 Å². The SMILES string of the molecule is CC1(C)CCC(O)(CNc2ccc([N+](=O)[O-])cc2Br)CC1. The molecule has 0 saturated heterocycles. The Morgan fingerprint density at radius 2 is 1.95 bits per heavy atom. The van der Waals surface area contributed by atoms with Crippen LogP contribution in [0, 0.1) is 15.5 Å². The molecule has 1 fully saturated rings. The fourth-order valence-electron chi connectivity index (χ4n) is 2.59. The first-order chi connectivity index (χ1) is 9.71. The van der Waals surface area contributed by atoms with Crippen LogP contribution < -0.4 is 5.32 Å². The number of rotatable bonds is 4. The van der Waals surface area contributed by atoms with Crippen LogP contribution in [0.4, 0.5) is 11.4 Å². The largest absolute Gasteiger partial charge is 0.388 e. The van der Waals surface area contributed by atoms with Crippen molar-refractivity contribution in [1.29, 1.82) is 0 Å². The van der Waals surface area contributed by atoms with Gasteiger partial charge in [0.2, 0.25) is 0 Å². The summed E-state index contributed by atoms with van der Waals surface area (Å²) in [5.74, 6) is 0. The van der Waals surface area contributed by atoms with Gasteiger partial charge in [-0.3, -0.25) is 10.1 Å². The smallest absolute Gasteiger partial charge is 0.270 e. The van der Waals surface area contributed by atoms with Gasteiger partial charge in [-0.15, -0.1) is 0 Å². The molecule has 5 nitrogen and oxygen atoms in total. The van der Waals surface area contributed by atoms with E-state index in [0.29, 0.717) is 16.4 Å². The third kappa shape index (κ3) is 4.17. The lowest BCUT2D eigenvalue weighted by Gasteiger charge is -2.40.